The summed E-state index contributed by atoms with van der Waals surface area (Å²) in [5.41, 5.74) is 6.41. The number of hydrogen-bond donors (Lipinski definition) is 1. The van der Waals surface area contributed by atoms with Gasteiger partial charge in [0.2, 0.25) is 0 Å². The zero-order valence-electron chi connectivity index (χ0n) is 19.6. The van der Waals surface area contributed by atoms with Gasteiger partial charge in [-0.3, -0.25) is 9.79 Å². The van der Waals surface area contributed by atoms with Crippen molar-refractivity contribution in [1.29, 1.82) is 0 Å². The fraction of sp³-hybridized carbons (Fsp3) is 0.138. The number of anilines is 2. The Bertz CT molecular complexity index is 1400. The maximum absolute atomic E-state index is 13.7. The van der Waals surface area contributed by atoms with E-state index in [-0.39, 0.29) is 5.91 Å². The number of amides is 1. The average molecular weight is 481 g/mol. The molecule has 0 fully saturated rings. The molecule has 35 heavy (non-hydrogen) atoms. The molecule has 5 nitrogen and oxygen atoms in total. The van der Waals surface area contributed by atoms with E-state index in [1.54, 1.807) is 24.2 Å². The lowest BCUT2D eigenvalue weighted by Crippen LogP contribution is -2.36. The molecule has 1 atom stereocenters. The van der Waals surface area contributed by atoms with Gasteiger partial charge in [-0.25, -0.2) is 4.98 Å². The molecule has 1 aliphatic rings. The molecule has 174 valence electrons. The summed E-state index contributed by atoms with van der Waals surface area (Å²) >= 11 is 6.39. The number of halogens is 1. The van der Waals surface area contributed by atoms with Crippen molar-refractivity contribution >= 4 is 34.7 Å². The summed E-state index contributed by atoms with van der Waals surface area (Å²) < 4.78 is 0. The van der Waals surface area contributed by atoms with Crippen LogP contribution in [0.5, 0.6) is 0 Å². The Balaban J connectivity index is 1.63. The predicted molar refractivity (Wildman–Crippen MR) is 144 cm³/mol. The van der Waals surface area contributed by atoms with E-state index >= 15 is 0 Å². The second-order valence-electron chi connectivity index (χ2n) is 8.46. The minimum atomic E-state index is -0.602. The van der Waals surface area contributed by atoms with Crippen molar-refractivity contribution in [3.8, 4) is 11.1 Å². The van der Waals surface area contributed by atoms with Gasteiger partial charge in [0.1, 0.15) is 11.9 Å². The van der Waals surface area contributed by atoms with Gasteiger partial charge in [0.25, 0.3) is 5.91 Å². The van der Waals surface area contributed by atoms with Gasteiger partial charge in [0.05, 0.1) is 11.4 Å². The summed E-state index contributed by atoms with van der Waals surface area (Å²) in [6, 6.07) is 27.2. The predicted octanol–water partition coefficient (Wildman–Crippen LogP) is 5.87. The first-order valence-electron chi connectivity index (χ1n) is 11.5. The molecule has 5 rings (SSSR count). The first-order chi connectivity index (χ1) is 17.0. The Kier molecular flexibility index (Phi) is 6.34. The molecule has 2 heterocycles. The number of benzodiazepines with no additional fused rings is 1. The fourth-order valence-electron chi connectivity index (χ4n) is 4.46. The minimum absolute atomic E-state index is 0.0637. The summed E-state index contributed by atoms with van der Waals surface area (Å²) in [6.07, 6.45) is 2.25. The molecule has 4 aromatic rings. The number of aromatic nitrogens is 1. The molecule has 6 heteroatoms. The SMILES string of the molecule is CNc1ccc(C2=NC(Cc3ccccc3-c3ccccc3)C(=O)N(C)c3ccc(Cl)cc32)cn1. The maximum Gasteiger partial charge on any atom is 0.251 e. The zero-order chi connectivity index (χ0) is 24.4. The molecule has 0 saturated carbocycles. The van der Waals surface area contributed by atoms with Crippen LogP contribution < -0.4 is 10.2 Å². The maximum atomic E-state index is 13.7. The van der Waals surface area contributed by atoms with Crippen LogP contribution in [0, 0.1) is 0 Å². The van der Waals surface area contributed by atoms with Crippen LogP contribution >= 0.6 is 11.6 Å². The van der Waals surface area contributed by atoms with E-state index in [0.29, 0.717) is 17.2 Å². The minimum Gasteiger partial charge on any atom is -0.373 e. The summed E-state index contributed by atoms with van der Waals surface area (Å²) in [5.74, 6) is 0.696. The van der Waals surface area contributed by atoms with Crippen molar-refractivity contribution in [3.63, 3.8) is 0 Å². The molecule has 0 saturated heterocycles. The highest BCUT2D eigenvalue weighted by Gasteiger charge is 2.31. The molecular formula is C29H25ClN4O. The van der Waals surface area contributed by atoms with E-state index in [0.717, 1.165) is 39.3 Å². The third kappa shape index (κ3) is 4.55. The van der Waals surface area contributed by atoms with E-state index in [1.165, 1.54) is 0 Å². The van der Waals surface area contributed by atoms with E-state index in [9.17, 15) is 4.79 Å². The molecule has 0 spiro atoms. The molecule has 0 bridgehead atoms. The molecular weight excluding hydrogens is 456 g/mol. The topological polar surface area (TPSA) is 57.6 Å². The Labute approximate surface area is 210 Å². The van der Waals surface area contributed by atoms with Crippen LogP contribution in [-0.2, 0) is 11.2 Å². The monoisotopic (exact) mass is 480 g/mol. The lowest BCUT2D eigenvalue weighted by molar-refractivity contribution is -0.119. The van der Waals surface area contributed by atoms with E-state index in [2.05, 4.69) is 34.6 Å². The largest absolute Gasteiger partial charge is 0.373 e. The summed E-state index contributed by atoms with van der Waals surface area (Å²) in [7, 11) is 3.63. The van der Waals surface area contributed by atoms with Crippen LogP contribution in [0.4, 0.5) is 11.5 Å². The van der Waals surface area contributed by atoms with Crippen LogP contribution in [0.25, 0.3) is 11.1 Å². The van der Waals surface area contributed by atoms with E-state index in [4.69, 9.17) is 16.6 Å². The lowest BCUT2D eigenvalue weighted by atomic mass is 9.95. The first-order valence-corrected chi connectivity index (χ1v) is 11.9. The molecule has 1 aromatic heterocycles. The number of likely N-dealkylation sites (N-methyl/N-ethyl adjacent to an activating group) is 1. The van der Waals surface area contributed by atoms with Crippen molar-refractivity contribution in [1.82, 2.24) is 4.98 Å². The third-order valence-electron chi connectivity index (χ3n) is 6.28. The molecule has 0 radical (unpaired) electrons. The molecule has 1 unspecified atom stereocenters. The molecule has 1 amide bonds. The summed E-state index contributed by atoms with van der Waals surface area (Å²) in [6.45, 7) is 0. The van der Waals surface area contributed by atoms with Crippen LogP contribution in [0.15, 0.2) is 96.1 Å². The number of carbonyl (C=O) groups is 1. The van der Waals surface area contributed by atoms with Crippen molar-refractivity contribution in [2.45, 2.75) is 12.5 Å². The van der Waals surface area contributed by atoms with Crippen LogP contribution in [0.2, 0.25) is 5.02 Å². The summed E-state index contributed by atoms with van der Waals surface area (Å²) in [4.78, 5) is 24.9. The number of aliphatic imine (C=N–C) groups is 1. The number of benzene rings is 3. The number of carbonyl (C=O) groups excluding carboxylic acids is 1. The Morgan fingerprint density at radius 3 is 2.43 bits per heavy atom. The number of nitrogens with zero attached hydrogens (tertiary/aromatic N) is 3. The Morgan fingerprint density at radius 2 is 1.69 bits per heavy atom. The fourth-order valence-corrected chi connectivity index (χ4v) is 4.64. The highest BCUT2D eigenvalue weighted by molar-refractivity contribution is 6.32. The Morgan fingerprint density at radius 1 is 0.914 bits per heavy atom. The van der Waals surface area contributed by atoms with Gasteiger partial charge in [-0.2, -0.15) is 0 Å². The van der Waals surface area contributed by atoms with Crippen LogP contribution in [-0.4, -0.2) is 36.7 Å². The number of pyridine rings is 1. The first kappa shape index (κ1) is 22.8. The second-order valence-corrected chi connectivity index (χ2v) is 8.90. The van der Waals surface area contributed by atoms with Crippen molar-refractivity contribution in [2.75, 3.05) is 24.3 Å². The van der Waals surface area contributed by atoms with Gasteiger partial charge < -0.3 is 10.2 Å². The van der Waals surface area contributed by atoms with Gasteiger partial charge in [0, 0.05) is 42.9 Å². The molecule has 3 aromatic carbocycles. The van der Waals surface area contributed by atoms with Gasteiger partial charge in [-0.15, -0.1) is 0 Å². The second kappa shape index (κ2) is 9.72. The summed E-state index contributed by atoms with van der Waals surface area (Å²) in [5, 5.41) is 3.63. The Hall–Kier alpha value is -3.96. The smallest absolute Gasteiger partial charge is 0.251 e. The van der Waals surface area contributed by atoms with Crippen LogP contribution in [0.3, 0.4) is 0 Å². The molecule has 1 aliphatic heterocycles. The number of rotatable bonds is 5. The highest BCUT2D eigenvalue weighted by Crippen LogP contribution is 2.32. The van der Waals surface area contributed by atoms with Gasteiger partial charge in [-0.05, 0) is 47.0 Å². The number of hydrogen-bond acceptors (Lipinski definition) is 4. The van der Waals surface area contributed by atoms with Gasteiger partial charge in [-0.1, -0.05) is 66.2 Å². The number of fused-ring (bicyclic) bond motifs is 1. The van der Waals surface area contributed by atoms with Crippen molar-refractivity contribution < 1.29 is 4.79 Å². The van der Waals surface area contributed by atoms with Gasteiger partial charge in [0.15, 0.2) is 0 Å². The quantitative estimate of drug-likeness (QED) is 0.388. The van der Waals surface area contributed by atoms with Gasteiger partial charge >= 0.3 is 0 Å². The number of nitrogens with one attached hydrogen (secondary N) is 1. The average Bonchev–Trinajstić information content (AvgIpc) is 3.00. The lowest BCUT2D eigenvalue weighted by Gasteiger charge is -2.21. The standard InChI is InChI=1S/C29H25ClN4O/c1-31-27-15-12-21(18-32-27)28-24-17-22(30)13-14-26(24)34(2)29(35)25(33-28)16-20-10-6-7-11-23(20)19-8-4-3-5-9-19/h3-15,17-18,25H,16H2,1-2H3,(H,31,32). The van der Waals surface area contributed by atoms with Crippen molar-refractivity contribution in [2.24, 2.45) is 4.99 Å². The normalized spacial score (nSPS) is 15.3. The third-order valence-corrected chi connectivity index (χ3v) is 6.52. The highest BCUT2D eigenvalue weighted by atomic mass is 35.5. The molecule has 1 N–H and O–H groups in total. The van der Waals surface area contributed by atoms with E-state index in [1.807, 2.05) is 61.6 Å². The van der Waals surface area contributed by atoms with E-state index < -0.39 is 6.04 Å². The molecule has 0 aliphatic carbocycles. The zero-order valence-corrected chi connectivity index (χ0v) is 20.3. The van der Waals surface area contributed by atoms with Crippen molar-refractivity contribution in [3.05, 3.63) is 113 Å². The van der Waals surface area contributed by atoms with Crippen LogP contribution in [0.1, 0.15) is 16.7 Å².